The number of hydrogen-bond donors (Lipinski definition) is 2. The van der Waals surface area contributed by atoms with Crippen LogP contribution in [0.15, 0.2) is 73.2 Å². The van der Waals surface area contributed by atoms with Crippen molar-refractivity contribution in [1.29, 1.82) is 0 Å². The zero-order valence-corrected chi connectivity index (χ0v) is 26.0. The van der Waals surface area contributed by atoms with Gasteiger partial charge in [-0.3, -0.25) is 14.4 Å². The van der Waals surface area contributed by atoms with Gasteiger partial charge in [-0.05, 0) is 50.0 Å². The van der Waals surface area contributed by atoms with Crippen LogP contribution in [0.25, 0.3) is 0 Å². The van der Waals surface area contributed by atoms with Crippen molar-refractivity contribution in [2.45, 2.75) is 57.5 Å². The number of likely N-dealkylation sites (tertiary alicyclic amines) is 1. The highest BCUT2D eigenvalue weighted by molar-refractivity contribution is 5.94. The van der Waals surface area contributed by atoms with E-state index in [1.165, 1.54) is 0 Å². The minimum absolute atomic E-state index is 0.103. The van der Waals surface area contributed by atoms with Crippen molar-refractivity contribution < 1.29 is 14.4 Å². The second-order valence-electron chi connectivity index (χ2n) is 11.7. The van der Waals surface area contributed by atoms with Crippen LogP contribution in [0.4, 0.5) is 5.69 Å². The number of likely N-dealkylation sites (N-methyl/N-ethyl adjacent to an activating group) is 1. The molecule has 2 aliphatic rings. The van der Waals surface area contributed by atoms with E-state index >= 15 is 0 Å². The summed E-state index contributed by atoms with van der Waals surface area (Å²) < 4.78 is 0. The van der Waals surface area contributed by atoms with E-state index in [-0.39, 0.29) is 24.1 Å². The Bertz CT molecular complexity index is 1350. The van der Waals surface area contributed by atoms with Crippen LogP contribution in [-0.2, 0) is 27.2 Å². The van der Waals surface area contributed by atoms with E-state index in [0.717, 1.165) is 36.6 Å². The molecule has 1 spiro atoms. The Kier molecular flexibility index (Phi) is 10.3. The van der Waals surface area contributed by atoms with Gasteiger partial charge >= 0.3 is 0 Å². The summed E-state index contributed by atoms with van der Waals surface area (Å²) >= 11 is 0. The largest absolute Gasteiger partial charge is 0.348 e. The number of nitrogens with one attached hydrogen (secondary N) is 2. The van der Waals surface area contributed by atoms with E-state index in [0.29, 0.717) is 52.0 Å². The molecular formula is C34H45N7O3. The van der Waals surface area contributed by atoms with Crippen LogP contribution >= 0.6 is 0 Å². The van der Waals surface area contributed by atoms with Crippen molar-refractivity contribution in [2.75, 3.05) is 50.8 Å². The second-order valence-corrected chi connectivity index (χ2v) is 11.7. The van der Waals surface area contributed by atoms with Gasteiger partial charge < -0.3 is 29.9 Å². The number of rotatable bonds is 13. The highest BCUT2D eigenvalue weighted by Crippen LogP contribution is 2.39. The zero-order valence-electron chi connectivity index (χ0n) is 26.0. The van der Waals surface area contributed by atoms with Gasteiger partial charge in [0.25, 0.3) is 0 Å². The molecule has 2 saturated heterocycles. The predicted molar refractivity (Wildman–Crippen MR) is 171 cm³/mol. The molecule has 3 amide bonds. The van der Waals surface area contributed by atoms with Gasteiger partial charge in [0.05, 0.1) is 13.0 Å². The highest BCUT2D eigenvalue weighted by Gasteiger charge is 2.54. The first-order valence-electron chi connectivity index (χ1n) is 15.9. The van der Waals surface area contributed by atoms with Crippen LogP contribution in [0.2, 0.25) is 0 Å². The van der Waals surface area contributed by atoms with Crippen LogP contribution in [-0.4, -0.2) is 99.9 Å². The number of aromatic nitrogens is 2. The number of para-hydroxylation sites is 1. The quantitative estimate of drug-likeness (QED) is 0.313. The summed E-state index contributed by atoms with van der Waals surface area (Å²) in [5.74, 6) is -0.130. The molecule has 1 aromatic heterocycles. The van der Waals surface area contributed by atoms with Gasteiger partial charge in [-0.1, -0.05) is 62.4 Å². The summed E-state index contributed by atoms with van der Waals surface area (Å²) in [4.78, 5) is 56.5. The Morgan fingerprint density at radius 1 is 1.02 bits per heavy atom. The van der Waals surface area contributed by atoms with Crippen molar-refractivity contribution in [2.24, 2.45) is 0 Å². The maximum Gasteiger partial charge on any atom is 0.250 e. The van der Waals surface area contributed by atoms with Crippen molar-refractivity contribution in [3.8, 4) is 0 Å². The number of aryl methyl sites for hydroxylation is 1. The molecule has 0 radical (unpaired) electrons. The summed E-state index contributed by atoms with van der Waals surface area (Å²) in [7, 11) is 0. The van der Waals surface area contributed by atoms with Crippen molar-refractivity contribution in [3.63, 3.8) is 0 Å². The Labute approximate surface area is 260 Å². The van der Waals surface area contributed by atoms with E-state index in [2.05, 4.69) is 51.1 Å². The molecule has 2 N–H and O–H groups in total. The van der Waals surface area contributed by atoms with Crippen LogP contribution in [0.3, 0.4) is 0 Å². The molecule has 2 aromatic carbocycles. The topological polar surface area (TPSA) is 105 Å². The molecule has 0 aliphatic carbocycles. The normalized spacial score (nSPS) is 17.0. The number of nitrogens with zero attached hydrogens (tertiary/aromatic N) is 5. The average Bonchev–Trinajstić information content (AvgIpc) is 3.68. The Morgan fingerprint density at radius 2 is 1.70 bits per heavy atom. The summed E-state index contributed by atoms with van der Waals surface area (Å²) in [6.45, 7) is 9.15. The first kappa shape index (κ1) is 31.3. The standard InChI is InChI=1S/C34H45N7O3/c1-3-38(4-2)21-22-40-26-41(29-13-9-6-10-14-29)34(33(40)44)17-19-39(20-18-34)32(43)30(23-27-11-7-5-8-12-27)37-31(42)16-15-28-24-35-25-36-28/h5-14,24-25,30H,3-4,15-23,26H2,1-2H3,(H,35,36)(H,37,42). The van der Waals surface area contributed by atoms with E-state index in [9.17, 15) is 14.4 Å². The predicted octanol–water partition coefficient (Wildman–Crippen LogP) is 3.08. The third kappa shape index (κ3) is 7.13. The summed E-state index contributed by atoms with van der Waals surface area (Å²) in [6, 6.07) is 19.2. The molecule has 2 aliphatic heterocycles. The fourth-order valence-corrected chi connectivity index (χ4v) is 6.48. The number of carbonyl (C=O) groups excluding carboxylic acids is 3. The number of hydrogen-bond acceptors (Lipinski definition) is 6. The van der Waals surface area contributed by atoms with E-state index < -0.39 is 11.6 Å². The first-order valence-corrected chi connectivity index (χ1v) is 15.9. The lowest BCUT2D eigenvalue weighted by atomic mass is 9.85. The third-order valence-electron chi connectivity index (χ3n) is 9.16. The van der Waals surface area contributed by atoms with Gasteiger partial charge in [-0.15, -0.1) is 0 Å². The summed E-state index contributed by atoms with van der Waals surface area (Å²) in [5.41, 5.74) is 2.20. The fraction of sp³-hybridized carbons (Fsp3) is 0.471. The van der Waals surface area contributed by atoms with Gasteiger partial charge in [0.1, 0.15) is 11.6 Å². The zero-order chi connectivity index (χ0) is 30.9. The number of anilines is 1. The molecule has 234 valence electrons. The monoisotopic (exact) mass is 599 g/mol. The number of carbonyl (C=O) groups is 3. The molecule has 1 unspecified atom stereocenters. The molecule has 3 heterocycles. The molecule has 10 nitrogen and oxygen atoms in total. The molecule has 10 heteroatoms. The molecule has 0 saturated carbocycles. The first-order chi connectivity index (χ1) is 21.4. The molecule has 0 bridgehead atoms. The average molecular weight is 600 g/mol. The van der Waals surface area contributed by atoms with Gasteiger partial charge in [0.15, 0.2) is 0 Å². The molecule has 5 rings (SSSR count). The van der Waals surface area contributed by atoms with Gasteiger partial charge in [-0.25, -0.2) is 4.98 Å². The molecular weight excluding hydrogens is 554 g/mol. The SMILES string of the molecule is CCN(CC)CCN1CN(c2ccccc2)C2(CCN(C(=O)C(Cc3ccccc3)NC(=O)CCc3cnc[nH]3)CC2)C1=O. The number of piperidine rings is 1. The lowest BCUT2D eigenvalue weighted by molar-refractivity contribution is -0.140. The fourth-order valence-electron chi connectivity index (χ4n) is 6.48. The number of aromatic amines is 1. The van der Waals surface area contributed by atoms with Crippen LogP contribution in [0, 0.1) is 0 Å². The third-order valence-corrected chi connectivity index (χ3v) is 9.16. The van der Waals surface area contributed by atoms with Gasteiger partial charge in [0.2, 0.25) is 17.7 Å². The maximum atomic E-state index is 14.1. The Balaban J connectivity index is 1.29. The van der Waals surface area contributed by atoms with Crippen LogP contribution < -0.4 is 10.2 Å². The van der Waals surface area contributed by atoms with Crippen LogP contribution in [0.1, 0.15) is 44.4 Å². The van der Waals surface area contributed by atoms with E-state index in [1.807, 2.05) is 58.3 Å². The lowest BCUT2D eigenvalue weighted by Crippen LogP contribution is -2.59. The number of H-pyrrole nitrogens is 1. The van der Waals surface area contributed by atoms with Crippen molar-refractivity contribution >= 4 is 23.4 Å². The molecule has 44 heavy (non-hydrogen) atoms. The van der Waals surface area contributed by atoms with E-state index in [4.69, 9.17) is 0 Å². The highest BCUT2D eigenvalue weighted by atomic mass is 16.2. The maximum absolute atomic E-state index is 14.1. The summed E-state index contributed by atoms with van der Waals surface area (Å²) in [5, 5.41) is 3.02. The van der Waals surface area contributed by atoms with Gasteiger partial charge in [0, 0.05) is 56.6 Å². The molecule has 1 atom stereocenters. The van der Waals surface area contributed by atoms with Crippen LogP contribution in [0.5, 0.6) is 0 Å². The lowest BCUT2D eigenvalue weighted by Gasteiger charge is -2.44. The number of imidazole rings is 1. The van der Waals surface area contributed by atoms with Crippen molar-refractivity contribution in [3.05, 3.63) is 84.4 Å². The van der Waals surface area contributed by atoms with Crippen molar-refractivity contribution in [1.82, 2.24) is 30.0 Å². The smallest absolute Gasteiger partial charge is 0.250 e. The minimum atomic E-state index is -0.691. The van der Waals surface area contributed by atoms with E-state index in [1.54, 1.807) is 12.5 Å². The van der Waals surface area contributed by atoms with Gasteiger partial charge in [-0.2, -0.15) is 0 Å². The second kappa shape index (κ2) is 14.5. The Morgan fingerprint density at radius 3 is 2.34 bits per heavy atom. The summed E-state index contributed by atoms with van der Waals surface area (Å²) in [6.07, 6.45) is 5.57. The Hall–Kier alpha value is -4.18. The number of benzene rings is 2. The minimum Gasteiger partial charge on any atom is -0.348 e. The number of amides is 3. The molecule has 3 aromatic rings. The molecule has 2 fully saturated rings.